The molecule has 0 unspecified atom stereocenters. The van der Waals surface area contributed by atoms with E-state index >= 15 is 0 Å². The molecule has 0 spiro atoms. The van der Waals surface area contributed by atoms with Crippen molar-refractivity contribution >= 4 is 45.3 Å². The van der Waals surface area contributed by atoms with Gasteiger partial charge < -0.3 is 14.8 Å². The molecular weight excluding hydrogens is 362 g/mol. The van der Waals surface area contributed by atoms with E-state index in [0.29, 0.717) is 11.1 Å². The van der Waals surface area contributed by atoms with Gasteiger partial charge >= 0.3 is 11.9 Å². The van der Waals surface area contributed by atoms with E-state index in [1.807, 2.05) is 63.6 Å². The Morgan fingerprint density at radius 3 is 1.96 bits per heavy atom. The Morgan fingerprint density at radius 2 is 1.44 bits per heavy atom. The number of carboxylic acid groups (broad SMARTS) is 2. The lowest BCUT2D eigenvalue weighted by Gasteiger charge is -2.12. The number of hydrogen-bond donors (Lipinski definition) is 2. The van der Waals surface area contributed by atoms with Crippen LogP contribution in [0.15, 0.2) is 24.3 Å². The maximum Gasteiger partial charge on any atom is 0.337 e. The largest absolute Gasteiger partial charge is 0.478 e. The predicted molar refractivity (Wildman–Crippen MR) is 108 cm³/mol. The van der Waals surface area contributed by atoms with Gasteiger partial charge in [0.1, 0.15) is 0 Å². The highest BCUT2D eigenvalue weighted by molar-refractivity contribution is 7.12. The molecule has 0 atom stereocenters. The van der Waals surface area contributed by atoms with Crippen LogP contribution in [0.3, 0.4) is 0 Å². The maximum atomic E-state index is 12.3. The second-order valence-electron chi connectivity index (χ2n) is 6.61. The third kappa shape index (κ3) is 2.86. The highest BCUT2D eigenvalue weighted by Crippen LogP contribution is 2.40. The summed E-state index contributed by atoms with van der Waals surface area (Å²) in [4.78, 5) is 26.4. The second-order valence-corrected chi connectivity index (χ2v) is 8.04. The zero-order chi connectivity index (χ0) is 20.0. The van der Waals surface area contributed by atoms with Crippen molar-refractivity contribution < 1.29 is 19.8 Å². The van der Waals surface area contributed by atoms with E-state index in [0.717, 1.165) is 31.9 Å². The summed E-state index contributed by atoms with van der Waals surface area (Å²) < 4.78 is 1.89. The lowest BCUT2D eigenvalue weighted by atomic mass is 9.91. The number of rotatable bonds is 4. The number of aryl methyl sites for hydroxylation is 3. The van der Waals surface area contributed by atoms with Crippen molar-refractivity contribution in [3.63, 3.8) is 0 Å². The van der Waals surface area contributed by atoms with Crippen LogP contribution in [0.25, 0.3) is 22.0 Å². The first-order chi connectivity index (χ1) is 12.7. The molecule has 0 fully saturated rings. The normalized spacial score (nSPS) is 12.3. The molecule has 5 nitrogen and oxygen atoms in total. The summed E-state index contributed by atoms with van der Waals surface area (Å²) in [5.74, 6) is -2.47. The number of carboxylic acids is 2. The number of para-hydroxylation sites is 1. The number of carbonyl (C=O) groups is 2. The van der Waals surface area contributed by atoms with Gasteiger partial charge in [0.25, 0.3) is 0 Å². The molecule has 27 heavy (non-hydrogen) atoms. The molecule has 140 valence electrons. The van der Waals surface area contributed by atoms with Gasteiger partial charge in [-0.25, -0.2) is 9.59 Å². The highest BCUT2D eigenvalue weighted by Gasteiger charge is 2.30. The van der Waals surface area contributed by atoms with E-state index in [1.54, 1.807) is 0 Å². The first-order valence-corrected chi connectivity index (χ1v) is 9.30. The molecule has 1 aromatic carbocycles. The summed E-state index contributed by atoms with van der Waals surface area (Å²) in [5.41, 5.74) is 3.04. The van der Waals surface area contributed by atoms with Gasteiger partial charge in [-0.1, -0.05) is 18.2 Å². The van der Waals surface area contributed by atoms with Crippen molar-refractivity contribution in [2.45, 2.75) is 27.7 Å². The van der Waals surface area contributed by atoms with Gasteiger partial charge in [0.15, 0.2) is 0 Å². The van der Waals surface area contributed by atoms with Crippen LogP contribution in [0, 0.1) is 27.7 Å². The molecule has 2 aromatic heterocycles. The highest BCUT2D eigenvalue weighted by atomic mass is 32.1. The van der Waals surface area contributed by atoms with Crippen molar-refractivity contribution in [2.24, 2.45) is 7.05 Å². The van der Waals surface area contributed by atoms with Crippen LogP contribution in [-0.4, -0.2) is 26.7 Å². The molecule has 3 rings (SSSR count). The molecule has 0 bridgehead atoms. The molecule has 0 aliphatic carbocycles. The molecule has 0 radical (unpaired) electrons. The fourth-order valence-electron chi connectivity index (χ4n) is 3.67. The van der Waals surface area contributed by atoms with E-state index in [2.05, 4.69) is 0 Å². The van der Waals surface area contributed by atoms with E-state index in [9.17, 15) is 19.8 Å². The number of benzene rings is 1. The molecular formula is C21H21NO4S. The molecule has 0 saturated carbocycles. The number of thiophene rings is 1. The fourth-order valence-corrected chi connectivity index (χ4v) is 4.75. The number of fused-ring (bicyclic) bond motifs is 1. The summed E-state index contributed by atoms with van der Waals surface area (Å²) in [5, 5.41) is 20.8. The van der Waals surface area contributed by atoms with Gasteiger partial charge in [0.2, 0.25) is 0 Å². The average molecular weight is 383 g/mol. The van der Waals surface area contributed by atoms with Crippen molar-refractivity contribution in [2.75, 3.05) is 0 Å². The van der Waals surface area contributed by atoms with Gasteiger partial charge in [-0.15, -0.1) is 11.3 Å². The maximum absolute atomic E-state index is 12.3. The van der Waals surface area contributed by atoms with Gasteiger partial charge in [0.05, 0.1) is 11.1 Å². The number of nitrogens with zero attached hydrogens (tertiary/aromatic N) is 1. The van der Waals surface area contributed by atoms with E-state index in [-0.39, 0.29) is 11.1 Å². The molecule has 0 amide bonds. The van der Waals surface area contributed by atoms with Gasteiger partial charge in [-0.05, 0) is 39.3 Å². The molecule has 0 saturated heterocycles. The second kappa shape index (κ2) is 6.70. The summed E-state index contributed by atoms with van der Waals surface area (Å²) >= 11 is 1.48. The van der Waals surface area contributed by atoms with Crippen LogP contribution >= 0.6 is 11.3 Å². The van der Waals surface area contributed by atoms with Gasteiger partial charge in [-0.3, -0.25) is 0 Å². The van der Waals surface area contributed by atoms with Crippen LogP contribution in [0.1, 0.15) is 32.1 Å². The average Bonchev–Trinajstić information content (AvgIpc) is 3.00. The minimum atomic E-state index is -1.24. The molecule has 6 heteroatoms. The van der Waals surface area contributed by atoms with Gasteiger partial charge in [-0.2, -0.15) is 0 Å². The Labute approximate surface area is 161 Å². The number of hydrogen-bond acceptors (Lipinski definition) is 3. The summed E-state index contributed by atoms with van der Waals surface area (Å²) in [6.07, 6.45) is 0. The smallest absolute Gasteiger partial charge is 0.337 e. The quantitative estimate of drug-likeness (QED) is 0.648. The Kier molecular flexibility index (Phi) is 4.70. The van der Waals surface area contributed by atoms with Crippen LogP contribution < -0.4 is 0 Å². The SMILES string of the molecule is Cc1sc(C)c(/C(C(=O)O)=C(/C(=O)O)c2c(C)n(C)c3ccccc23)c1C. The van der Waals surface area contributed by atoms with Crippen molar-refractivity contribution in [1.82, 2.24) is 4.57 Å². The van der Waals surface area contributed by atoms with E-state index < -0.39 is 11.9 Å². The molecule has 0 aliphatic rings. The zero-order valence-electron chi connectivity index (χ0n) is 15.9. The summed E-state index contributed by atoms with van der Waals surface area (Å²) in [6, 6.07) is 7.44. The third-order valence-corrected chi connectivity index (χ3v) is 6.26. The Bertz CT molecular complexity index is 1130. The number of aliphatic carboxylic acids is 2. The number of aromatic nitrogens is 1. The fraction of sp³-hybridized carbons (Fsp3) is 0.238. The van der Waals surface area contributed by atoms with E-state index in [1.165, 1.54) is 11.3 Å². The van der Waals surface area contributed by atoms with Crippen LogP contribution in [0.2, 0.25) is 0 Å². The first kappa shape index (κ1) is 18.9. The lowest BCUT2D eigenvalue weighted by Crippen LogP contribution is -2.12. The van der Waals surface area contributed by atoms with Crippen molar-refractivity contribution in [3.05, 3.63) is 56.4 Å². The van der Waals surface area contributed by atoms with Crippen molar-refractivity contribution in [3.8, 4) is 0 Å². The van der Waals surface area contributed by atoms with Gasteiger partial charge in [0, 0.05) is 44.5 Å². The standard InChI is InChI=1S/C21H21NO4S/c1-10-12(3)27-13(4)16(10)18(20(23)24)19(21(25)26)17-11(2)22(5)15-9-7-6-8-14(15)17/h6-9H,1-5H3,(H,23,24)(H,25,26)/b19-18-. The zero-order valence-corrected chi connectivity index (χ0v) is 16.7. The molecule has 3 aromatic rings. The molecule has 2 N–H and O–H groups in total. The monoisotopic (exact) mass is 383 g/mol. The topological polar surface area (TPSA) is 79.5 Å². The minimum Gasteiger partial charge on any atom is -0.478 e. The lowest BCUT2D eigenvalue weighted by molar-refractivity contribution is -0.132. The van der Waals surface area contributed by atoms with Crippen LogP contribution in [0.4, 0.5) is 0 Å². The van der Waals surface area contributed by atoms with Crippen LogP contribution in [-0.2, 0) is 16.6 Å². The molecule has 0 aliphatic heterocycles. The van der Waals surface area contributed by atoms with Crippen LogP contribution in [0.5, 0.6) is 0 Å². The molecule has 2 heterocycles. The van der Waals surface area contributed by atoms with Crippen molar-refractivity contribution in [1.29, 1.82) is 0 Å². The Balaban J connectivity index is 2.54. The van der Waals surface area contributed by atoms with E-state index in [4.69, 9.17) is 0 Å². The third-order valence-electron chi connectivity index (χ3n) is 5.14. The summed E-state index contributed by atoms with van der Waals surface area (Å²) in [6.45, 7) is 7.40. The Morgan fingerprint density at radius 1 is 0.889 bits per heavy atom. The minimum absolute atomic E-state index is 0.152. The Hall–Kier alpha value is -2.86. The first-order valence-electron chi connectivity index (χ1n) is 8.49. The summed E-state index contributed by atoms with van der Waals surface area (Å²) in [7, 11) is 1.85. The predicted octanol–water partition coefficient (Wildman–Crippen LogP) is 4.55.